The van der Waals surface area contributed by atoms with E-state index in [0.717, 1.165) is 13.0 Å². The molecule has 3 rings (SSSR count). The monoisotopic (exact) mass is 211 g/mol. The Morgan fingerprint density at radius 1 is 1.00 bits per heavy atom. The van der Waals surface area contributed by atoms with E-state index in [-0.39, 0.29) is 0 Å². The van der Waals surface area contributed by atoms with Crippen LogP contribution in [0.5, 0.6) is 5.75 Å². The summed E-state index contributed by atoms with van der Waals surface area (Å²) < 4.78 is 0. The van der Waals surface area contributed by atoms with Gasteiger partial charge in [-0.3, -0.25) is 0 Å². The van der Waals surface area contributed by atoms with E-state index in [2.05, 4.69) is 17.0 Å². The number of benzene rings is 2. The Morgan fingerprint density at radius 2 is 1.81 bits per heavy atom. The zero-order chi connectivity index (χ0) is 11.0. The van der Waals surface area contributed by atoms with Crippen LogP contribution >= 0.6 is 0 Å². The maximum absolute atomic E-state index is 9.43. The first-order valence-corrected chi connectivity index (χ1v) is 5.49. The van der Waals surface area contributed by atoms with E-state index in [4.69, 9.17) is 0 Å². The lowest BCUT2D eigenvalue weighted by molar-refractivity contribution is 0.475. The van der Waals surface area contributed by atoms with Crippen molar-refractivity contribution in [2.75, 3.05) is 11.4 Å². The Labute approximate surface area is 94.8 Å². The second-order valence-electron chi connectivity index (χ2n) is 4.05. The zero-order valence-corrected chi connectivity index (χ0v) is 8.93. The summed E-state index contributed by atoms with van der Waals surface area (Å²) in [6, 6.07) is 16.0. The van der Waals surface area contributed by atoms with Gasteiger partial charge in [-0.15, -0.1) is 0 Å². The second kappa shape index (κ2) is 3.56. The van der Waals surface area contributed by atoms with E-state index < -0.39 is 0 Å². The molecule has 2 heteroatoms. The van der Waals surface area contributed by atoms with Crippen LogP contribution in [0.25, 0.3) is 0 Å². The standard InChI is InChI=1S/C14H13NO/c16-13-6-7-14-11(10-13)8-9-15(14)12-4-2-1-3-5-12/h1-7,10,16H,8-9H2. The summed E-state index contributed by atoms with van der Waals surface area (Å²) >= 11 is 0. The van der Waals surface area contributed by atoms with E-state index >= 15 is 0 Å². The van der Waals surface area contributed by atoms with Crippen molar-refractivity contribution in [3.05, 3.63) is 54.1 Å². The number of para-hydroxylation sites is 1. The molecule has 0 saturated carbocycles. The highest BCUT2D eigenvalue weighted by atomic mass is 16.3. The van der Waals surface area contributed by atoms with E-state index in [1.807, 2.05) is 30.3 Å². The molecule has 0 bridgehead atoms. The third-order valence-electron chi connectivity index (χ3n) is 3.03. The number of anilines is 2. The van der Waals surface area contributed by atoms with Crippen molar-refractivity contribution in [1.82, 2.24) is 0 Å². The minimum Gasteiger partial charge on any atom is -0.508 e. The number of phenolic OH excluding ortho intramolecular Hbond substituents is 1. The van der Waals surface area contributed by atoms with Gasteiger partial charge in [0, 0.05) is 17.9 Å². The Balaban J connectivity index is 2.04. The third kappa shape index (κ3) is 1.43. The summed E-state index contributed by atoms with van der Waals surface area (Å²) in [6.45, 7) is 0.989. The fraction of sp³-hybridized carbons (Fsp3) is 0.143. The minimum absolute atomic E-state index is 0.355. The largest absolute Gasteiger partial charge is 0.508 e. The van der Waals surface area contributed by atoms with Crippen LogP contribution < -0.4 is 4.90 Å². The Morgan fingerprint density at radius 3 is 2.62 bits per heavy atom. The summed E-state index contributed by atoms with van der Waals surface area (Å²) in [7, 11) is 0. The fourth-order valence-corrected chi connectivity index (χ4v) is 2.26. The number of aromatic hydroxyl groups is 1. The summed E-state index contributed by atoms with van der Waals surface area (Å²) in [4.78, 5) is 2.29. The van der Waals surface area contributed by atoms with E-state index in [1.54, 1.807) is 6.07 Å². The maximum atomic E-state index is 9.43. The van der Waals surface area contributed by atoms with Crippen LogP contribution in [0.4, 0.5) is 11.4 Å². The van der Waals surface area contributed by atoms with Crippen LogP contribution in [0.2, 0.25) is 0 Å². The molecule has 1 aliphatic heterocycles. The SMILES string of the molecule is Oc1ccc2c(c1)CCN2c1ccccc1. The molecule has 0 radical (unpaired) electrons. The number of nitrogens with zero attached hydrogens (tertiary/aromatic N) is 1. The van der Waals surface area contributed by atoms with Crippen LogP contribution in [-0.2, 0) is 6.42 Å². The maximum Gasteiger partial charge on any atom is 0.116 e. The van der Waals surface area contributed by atoms with Crippen molar-refractivity contribution < 1.29 is 5.11 Å². The first-order valence-electron chi connectivity index (χ1n) is 5.49. The van der Waals surface area contributed by atoms with Gasteiger partial charge in [0.2, 0.25) is 0 Å². The van der Waals surface area contributed by atoms with Gasteiger partial charge in [-0.2, -0.15) is 0 Å². The number of rotatable bonds is 1. The molecule has 0 spiro atoms. The lowest BCUT2D eigenvalue weighted by Gasteiger charge is -2.19. The smallest absolute Gasteiger partial charge is 0.116 e. The van der Waals surface area contributed by atoms with Gasteiger partial charge in [0.25, 0.3) is 0 Å². The van der Waals surface area contributed by atoms with Crippen molar-refractivity contribution >= 4 is 11.4 Å². The van der Waals surface area contributed by atoms with Crippen LogP contribution in [0.3, 0.4) is 0 Å². The topological polar surface area (TPSA) is 23.5 Å². The molecule has 0 amide bonds. The van der Waals surface area contributed by atoms with Gasteiger partial charge in [0.05, 0.1) is 0 Å². The van der Waals surface area contributed by atoms with Gasteiger partial charge in [-0.05, 0) is 42.3 Å². The first kappa shape index (κ1) is 9.28. The molecule has 0 unspecified atom stereocenters. The van der Waals surface area contributed by atoms with E-state index in [9.17, 15) is 5.11 Å². The lowest BCUT2D eigenvalue weighted by Crippen LogP contribution is -2.12. The molecule has 80 valence electrons. The molecule has 0 aliphatic carbocycles. The van der Waals surface area contributed by atoms with Gasteiger partial charge in [0.15, 0.2) is 0 Å². The molecule has 1 heterocycles. The van der Waals surface area contributed by atoms with Gasteiger partial charge in [-0.25, -0.2) is 0 Å². The second-order valence-corrected chi connectivity index (χ2v) is 4.05. The van der Waals surface area contributed by atoms with Crippen molar-refractivity contribution in [1.29, 1.82) is 0 Å². The zero-order valence-electron chi connectivity index (χ0n) is 8.93. The van der Waals surface area contributed by atoms with Crippen LogP contribution in [0.1, 0.15) is 5.56 Å². The fourth-order valence-electron chi connectivity index (χ4n) is 2.26. The molecule has 0 aromatic heterocycles. The molecule has 0 atom stereocenters. The van der Waals surface area contributed by atoms with E-state index in [0.29, 0.717) is 5.75 Å². The lowest BCUT2D eigenvalue weighted by atomic mass is 10.1. The molecule has 1 aliphatic rings. The van der Waals surface area contributed by atoms with Crippen LogP contribution in [0, 0.1) is 0 Å². The molecule has 2 aromatic carbocycles. The Bertz CT molecular complexity index is 507. The number of hydrogen-bond acceptors (Lipinski definition) is 2. The Hall–Kier alpha value is -1.96. The van der Waals surface area contributed by atoms with Crippen LogP contribution in [-0.4, -0.2) is 11.7 Å². The van der Waals surface area contributed by atoms with Gasteiger partial charge in [0.1, 0.15) is 5.75 Å². The quantitative estimate of drug-likeness (QED) is 0.783. The molecule has 0 fully saturated rings. The highest BCUT2D eigenvalue weighted by Gasteiger charge is 2.20. The molecule has 16 heavy (non-hydrogen) atoms. The molecular weight excluding hydrogens is 198 g/mol. The van der Waals surface area contributed by atoms with Gasteiger partial charge >= 0.3 is 0 Å². The normalized spacial score (nSPS) is 13.9. The number of fused-ring (bicyclic) bond motifs is 1. The van der Waals surface area contributed by atoms with E-state index in [1.165, 1.54) is 16.9 Å². The molecule has 0 saturated heterocycles. The average molecular weight is 211 g/mol. The summed E-state index contributed by atoms with van der Waals surface area (Å²) in [5.41, 5.74) is 3.65. The predicted octanol–water partition coefficient (Wildman–Crippen LogP) is 3.09. The van der Waals surface area contributed by atoms with Gasteiger partial charge < -0.3 is 10.0 Å². The molecule has 1 N–H and O–H groups in total. The molecular formula is C14H13NO. The predicted molar refractivity (Wildman–Crippen MR) is 65.3 cm³/mol. The average Bonchev–Trinajstić information content (AvgIpc) is 2.73. The highest BCUT2D eigenvalue weighted by molar-refractivity contribution is 5.70. The minimum atomic E-state index is 0.355. The highest BCUT2D eigenvalue weighted by Crippen LogP contribution is 2.35. The summed E-state index contributed by atoms with van der Waals surface area (Å²) in [6.07, 6.45) is 0.999. The Kier molecular flexibility index (Phi) is 2.07. The van der Waals surface area contributed by atoms with Crippen molar-refractivity contribution in [2.45, 2.75) is 6.42 Å². The van der Waals surface area contributed by atoms with Crippen molar-refractivity contribution in [3.8, 4) is 5.75 Å². The number of phenols is 1. The summed E-state index contributed by atoms with van der Waals surface area (Å²) in [5, 5.41) is 9.43. The summed E-state index contributed by atoms with van der Waals surface area (Å²) in [5.74, 6) is 0.355. The molecule has 2 nitrogen and oxygen atoms in total. The molecule has 2 aromatic rings. The number of hydrogen-bond donors (Lipinski definition) is 1. The van der Waals surface area contributed by atoms with Crippen LogP contribution in [0.15, 0.2) is 48.5 Å². The van der Waals surface area contributed by atoms with Crippen molar-refractivity contribution in [2.24, 2.45) is 0 Å². The van der Waals surface area contributed by atoms with Gasteiger partial charge in [-0.1, -0.05) is 18.2 Å². The third-order valence-corrected chi connectivity index (χ3v) is 3.03. The van der Waals surface area contributed by atoms with Crippen molar-refractivity contribution in [3.63, 3.8) is 0 Å². The first-order chi connectivity index (χ1) is 7.84.